The first kappa shape index (κ1) is 15.9. The summed E-state index contributed by atoms with van der Waals surface area (Å²) in [5, 5.41) is 11.5. The van der Waals surface area contributed by atoms with E-state index >= 15 is 0 Å². The van der Waals surface area contributed by atoms with E-state index in [1.165, 1.54) is 16.7 Å². The van der Waals surface area contributed by atoms with Crippen molar-refractivity contribution < 1.29 is 14.7 Å². The predicted octanol–water partition coefficient (Wildman–Crippen LogP) is 1.70. The first-order chi connectivity index (χ1) is 9.23. The molecule has 0 aliphatic heterocycles. The molecule has 0 radical (unpaired) electrons. The molecule has 0 aliphatic carbocycles. The molecule has 1 heterocycles. The van der Waals surface area contributed by atoms with Gasteiger partial charge in [-0.1, -0.05) is 13.8 Å². The molecule has 0 fully saturated rings. The van der Waals surface area contributed by atoms with Crippen molar-refractivity contribution in [3.63, 3.8) is 0 Å². The van der Waals surface area contributed by atoms with Crippen molar-refractivity contribution in [3.05, 3.63) is 28.7 Å². The highest BCUT2D eigenvalue weighted by Crippen LogP contribution is 2.25. The highest BCUT2D eigenvalue weighted by atomic mass is 16.4. The summed E-state index contributed by atoms with van der Waals surface area (Å²) in [5.41, 5.74) is -0.214. The van der Waals surface area contributed by atoms with E-state index in [-0.39, 0.29) is 24.3 Å². The Labute approximate surface area is 117 Å². The summed E-state index contributed by atoms with van der Waals surface area (Å²) < 4.78 is 1.48. The second-order valence-corrected chi connectivity index (χ2v) is 5.50. The molecule has 1 rings (SSSR count). The first-order valence-electron chi connectivity index (χ1n) is 6.45. The van der Waals surface area contributed by atoms with Gasteiger partial charge in [-0.3, -0.25) is 14.4 Å². The Morgan fingerprint density at radius 2 is 1.95 bits per heavy atom. The molecule has 0 atom stereocenters. The van der Waals surface area contributed by atoms with E-state index in [4.69, 9.17) is 5.11 Å². The van der Waals surface area contributed by atoms with Crippen LogP contribution in [0.4, 0.5) is 5.69 Å². The number of nitrogens with one attached hydrogen (secondary N) is 1. The molecule has 20 heavy (non-hydrogen) atoms. The normalized spacial score (nSPS) is 11.2. The summed E-state index contributed by atoms with van der Waals surface area (Å²) in [4.78, 5) is 34.0. The number of hydrogen-bond acceptors (Lipinski definition) is 3. The largest absolute Gasteiger partial charge is 0.481 e. The Hall–Kier alpha value is -2.11. The predicted molar refractivity (Wildman–Crippen MR) is 75.7 cm³/mol. The van der Waals surface area contributed by atoms with Gasteiger partial charge in [0.15, 0.2) is 0 Å². The Morgan fingerprint density at radius 3 is 2.50 bits per heavy atom. The van der Waals surface area contributed by atoms with Crippen LogP contribution in [0.25, 0.3) is 0 Å². The van der Waals surface area contributed by atoms with E-state index < -0.39 is 11.4 Å². The van der Waals surface area contributed by atoms with Gasteiger partial charge >= 0.3 is 5.97 Å². The van der Waals surface area contributed by atoms with Crippen LogP contribution in [0.1, 0.15) is 33.6 Å². The van der Waals surface area contributed by atoms with E-state index in [2.05, 4.69) is 5.32 Å². The molecular formula is C14H20N2O4. The maximum Gasteiger partial charge on any atom is 0.303 e. The molecule has 1 amide bonds. The van der Waals surface area contributed by atoms with Crippen molar-refractivity contribution in [2.24, 2.45) is 5.41 Å². The van der Waals surface area contributed by atoms with Crippen molar-refractivity contribution in [3.8, 4) is 0 Å². The number of amides is 1. The molecule has 6 nitrogen and oxygen atoms in total. The number of rotatable bonds is 6. The Balaban J connectivity index is 2.71. The topological polar surface area (TPSA) is 88.4 Å². The molecular weight excluding hydrogens is 260 g/mol. The van der Waals surface area contributed by atoms with Crippen LogP contribution in [0, 0.1) is 5.41 Å². The molecule has 110 valence electrons. The third-order valence-electron chi connectivity index (χ3n) is 2.88. The van der Waals surface area contributed by atoms with Gasteiger partial charge in [0.1, 0.15) is 0 Å². The lowest BCUT2D eigenvalue weighted by Crippen LogP contribution is -2.25. The minimum Gasteiger partial charge on any atom is -0.481 e. The van der Waals surface area contributed by atoms with Crippen LogP contribution in [0.3, 0.4) is 0 Å². The smallest absolute Gasteiger partial charge is 0.303 e. The number of carbonyl (C=O) groups is 2. The van der Waals surface area contributed by atoms with Gasteiger partial charge in [-0.05, 0) is 18.4 Å². The van der Waals surface area contributed by atoms with Gasteiger partial charge in [-0.15, -0.1) is 0 Å². The highest BCUT2D eigenvalue weighted by Gasteiger charge is 2.25. The monoisotopic (exact) mass is 280 g/mol. The van der Waals surface area contributed by atoms with Gasteiger partial charge in [0.25, 0.3) is 5.56 Å². The van der Waals surface area contributed by atoms with Crippen LogP contribution in [-0.2, 0) is 16.1 Å². The average molecular weight is 280 g/mol. The fourth-order valence-corrected chi connectivity index (χ4v) is 1.96. The lowest BCUT2D eigenvalue weighted by molar-refractivity contribution is -0.139. The van der Waals surface area contributed by atoms with Gasteiger partial charge in [0, 0.05) is 25.2 Å². The van der Waals surface area contributed by atoms with Gasteiger partial charge in [-0.2, -0.15) is 0 Å². The van der Waals surface area contributed by atoms with Crippen molar-refractivity contribution >= 4 is 17.6 Å². The van der Waals surface area contributed by atoms with E-state index in [1.807, 2.05) is 6.92 Å². The van der Waals surface area contributed by atoms with Gasteiger partial charge in [-0.25, -0.2) is 0 Å². The number of aromatic nitrogens is 1. The second kappa shape index (κ2) is 6.36. The first-order valence-corrected chi connectivity index (χ1v) is 6.45. The Morgan fingerprint density at radius 1 is 1.30 bits per heavy atom. The number of nitrogens with zero attached hydrogens (tertiary/aromatic N) is 1. The van der Waals surface area contributed by atoms with Crippen LogP contribution in [0.15, 0.2) is 23.1 Å². The van der Waals surface area contributed by atoms with Crippen LogP contribution >= 0.6 is 0 Å². The van der Waals surface area contributed by atoms with Crippen molar-refractivity contribution in [2.75, 3.05) is 5.32 Å². The van der Waals surface area contributed by atoms with Crippen LogP contribution in [-0.4, -0.2) is 21.6 Å². The summed E-state index contributed by atoms with van der Waals surface area (Å²) in [5.74, 6) is -1.19. The van der Waals surface area contributed by atoms with Gasteiger partial charge in [0.05, 0.1) is 12.1 Å². The van der Waals surface area contributed by atoms with Gasteiger partial charge < -0.3 is 15.0 Å². The summed E-state index contributed by atoms with van der Waals surface area (Å²) in [7, 11) is 0. The lowest BCUT2D eigenvalue weighted by atomic mass is 9.85. The van der Waals surface area contributed by atoms with Crippen LogP contribution in [0.2, 0.25) is 0 Å². The number of aliphatic carboxylic acids is 1. The SMILES string of the molecule is CCn1cc(NC(=O)CC(C)(C)CC(=O)O)ccc1=O. The van der Waals surface area contributed by atoms with Gasteiger partial charge in [0.2, 0.25) is 5.91 Å². The maximum atomic E-state index is 11.9. The van der Waals surface area contributed by atoms with Crippen LogP contribution in [0.5, 0.6) is 0 Å². The zero-order chi connectivity index (χ0) is 15.3. The van der Waals surface area contributed by atoms with Crippen molar-refractivity contribution in [1.29, 1.82) is 0 Å². The highest BCUT2D eigenvalue weighted by molar-refractivity contribution is 5.91. The summed E-state index contributed by atoms with van der Waals surface area (Å²) in [6.45, 7) is 5.82. The van der Waals surface area contributed by atoms with Crippen molar-refractivity contribution in [2.45, 2.75) is 40.2 Å². The van der Waals surface area contributed by atoms with Crippen molar-refractivity contribution in [1.82, 2.24) is 4.57 Å². The molecule has 6 heteroatoms. The lowest BCUT2D eigenvalue weighted by Gasteiger charge is -2.21. The fraction of sp³-hybridized carbons (Fsp3) is 0.500. The van der Waals surface area contributed by atoms with Crippen LogP contribution < -0.4 is 10.9 Å². The number of pyridine rings is 1. The second-order valence-electron chi connectivity index (χ2n) is 5.50. The molecule has 0 spiro atoms. The molecule has 1 aromatic heterocycles. The van der Waals surface area contributed by atoms with E-state index in [1.54, 1.807) is 20.0 Å². The molecule has 0 unspecified atom stereocenters. The maximum absolute atomic E-state index is 11.9. The summed E-state index contributed by atoms with van der Waals surface area (Å²) in [6.07, 6.45) is 1.60. The number of aryl methyl sites for hydroxylation is 1. The fourth-order valence-electron chi connectivity index (χ4n) is 1.96. The number of hydrogen-bond donors (Lipinski definition) is 2. The Kier molecular flexibility index (Phi) is 5.07. The molecule has 2 N–H and O–H groups in total. The third-order valence-corrected chi connectivity index (χ3v) is 2.88. The number of carbonyl (C=O) groups excluding carboxylic acids is 1. The number of carboxylic acids is 1. The zero-order valence-corrected chi connectivity index (χ0v) is 12.0. The van der Waals surface area contributed by atoms with E-state index in [0.29, 0.717) is 12.2 Å². The summed E-state index contributed by atoms with van der Waals surface area (Å²) in [6, 6.07) is 2.93. The summed E-state index contributed by atoms with van der Waals surface area (Å²) >= 11 is 0. The minimum absolute atomic E-state index is 0.0745. The van der Waals surface area contributed by atoms with E-state index in [9.17, 15) is 14.4 Å². The molecule has 0 saturated carbocycles. The molecule has 0 aromatic carbocycles. The van der Waals surface area contributed by atoms with E-state index in [0.717, 1.165) is 0 Å². The molecule has 1 aromatic rings. The zero-order valence-electron chi connectivity index (χ0n) is 12.0. The number of carboxylic acid groups (broad SMARTS) is 1. The number of anilines is 1. The average Bonchev–Trinajstić information content (AvgIpc) is 2.28. The Bertz CT molecular complexity index is 561. The quantitative estimate of drug-likeness (QED) is 0.830. The molecule has 0 saturated heterocycles. The molecule has 0 bridgehead atoms. The third kappa shape index (κ3) is 4.87. The molecule has 0 aliphatic rings. The standard InChI is InChI=1S/C14H20N2O4/c1-4-16-9-10(5-6-12(16)18)15-11(17)7-14(2,3)8-13(19)20/h5-6,9H,4,7-8H2,1-3H3,(H,15,17)(H,19,20). The minimum atomic E-state index is -0.928.